The Balaban J connectivity index is 0.860. The summed E-state index contributed by atoms with van der Waals surface area (Å²) in [4.78, 5) is 44.8. The van der Waals surface area contributed by atoms with Gasteiger partial charge in [-0.3, -0.25) is 14.5 Å². The second-order valence-electron chi connectivity index (χ2n) is 15.1. The molecule has 3 atom stereocenters. The Bertz CT molecular complexity index is 2190. The molecular weight excluding hydrogens is 723 g/mol. The van der Waals surface area contributed by atoms with Crippen LogP contribution in [0, 0.1) is 5.92 Å². The van der Waals surface area contributed by atoms with Crippen molar-refractivity contribution in [1.82, 2.24) is 25.4 Å². The zero-order valence-electron chi connectivity index (χ0n) is 32.2. The van der Waals surface area contributed by atoms with Crippen molar-refractivity contribution in [3.05, 3.63) is 141 Å². The van der Waals surface area contributed by atoms with Crippen molar-refractivity contribution in [2.24, 2.45) is 5.92 Å². The van der Waals surface area contributed by atoms with Gasteiger partial charge in [0.25, 0.3) is 5.91 Å². The number of carbonyl (C=O) groups is 2. The van der Waals surface area contributed by atoms with Crippen molar-refractivity contribution in [3.63, 3.8) is 0 Å². The number of nitrogens with zero attached hydrogens (tertiary/aromatic N) is 2. The molecule has 2 amide bonds. The van der Waals surface area contributed by atoms with Gasteiger partial charge in [0.2, 0.25) is 5.56 Å². The fourth-order valence-electron chi connectivity index (χ4n) is 7.85. The summed E-state index contributed by atoms with van der Waals surface area (Å²) < 4.78 is 12.2. The topological polar surface area (TPSA) is 156 Å². The van der Waals surface area contributed by atoms with Crippen LogP contribution in [0.15, 0.2) is 108 Å². The second-order valence-corrected chi connectivity index (χ2v) is 15.1. The number of aliphatic hydroxyl groups excluding tert-OH is 1. The number of phenols is 1. The number of phenolic OH excluding ortho intramolecular Hbond substituents is 1. The average Bonchev–Trinajstić information content (AvgIpc) is 3.24. The summed E-state index contributed by atoms with van der Waals surface area (Å²) >= 11 is 0. The minimum absolute atomic E-state index is 0.0458. The molecule has 57 heavy (non-hydrogen) atoms. The van der Waals surface area contributed by atoms with Gasteiger partial charge in [0.1, 0.15) is 24.2 Å². The van der Waals surface area contributed by atoms with E-state index in [2.05, 4.69) is 20.5 Å². The van der Waals surface area contributed by atoms with Crippen LogP contribution >= 0.6 is 0 Å². The first-order valence-corrected chi connectivity index (χ1v) is 19.8. The Hall–Kier alpha value is -5.69. The second kappa shape index (κ2) is 18.5. The zero-order chi connectivity index (χ0) is 39.7. The summed E-state index contributed by atoms with van der Waals surface area (Å²) in [5.74, 6) is 0.973. The van der Waals surface area contributed by atoms with Gasteiger partial charge < -0.3 is 40.2 Å². The van der Waals surface area contributed by atoms with E-state index < -0.39 is 18.2 Å². The van der Waals surface area contributed by atoms with Gasteiger partial charge in [-0.1, -0.05) is 60.7 Å². The van der Waals surface area contributed by atoms with E-state index >= 15 is 0 Å². The van der Waals surface area contributed by atoms with E-state index in [0.29, 0.717) is 59.9 Å². The predicted molar refractivity (Wildman–Crippen MR) is 218 cm³/mol. The number of aromatic hydroxyl groups is 1. The van der Waals surface area contributed by atoms with Crippen molar-refractivity contribution in [2.75, 3.05) is 46.3 Å². The summed E-state index contributed by atoms with van der Waals surface area (Å²) in [5.41, 5.74) is 3.92. The van der Waals surface area contributed by atoms with Crippen molar-refractivity contribution >= 4 is 22.9 Å². The van der Waals surface area contributed by atoms with Crippen molar-refractivity contribution in [3.8, 4) is 11.5 Å². The first kappa shape index (κ1) is 39.5. The number of hydrogen-bond acceptors (Lipinski definition) is 9. The molecule has 3 fully saturated rings. The highest BCUT2D eigenvalue weighted by atomic mass is 16.6. The minimum atomic E-state index is -0.826. The standard InChI is InChI=1S/C45H51N5O7/c1-49(23-6-5-22-46-27-39(52)36-16-18-38(51)43-37(36)17-19-41(53)47-43)44(54)33-14-12-30(13-15-33)29-56-35-11-7-10-34(26-35)42(32-8-3-2-4-9-32)48-45(55)57-40-28-50-24-20-31(40)21-25-50/h2-4,7-19,26,31,39-40,42,46,51-52H,5-6,20-25,27-29H2,1H3,(H,47,53)(H,48,55)/t39-,40+,42?/m1/s1. The number of ether oxygens (including phenoxy) is 2. The molecule has 5 aromatic rings. The van der Waals surface area contributed by atoms with Crippen molar-refractivity contribution < 1.29 is 29.3 Å². The highest BCUT2D eigenvalue weighted by molar-refractivity contribution is 5.94. The maximum atomic E-state index is 13.2. The molecule has 5 N–H and O–H groups in total. The number of unbranched alkanes of at least 4 members (excludes halogenated alkanes) is 1. The summed E-state index contributed by atoms with van der Waals surface area (Å²) in [5, 5.41) is 27.8. The predicted octanol–water partition coefficient (Wildman–Crippen LogP) is 5.90. The van der Waals surface area contributed by atoms with Crippen molar-refractivity contribution in [1.29, 1.82) is 0 Å². The molecule has 0 aliphatic carbocycles. The van der Waals surface area contributed by atoms with Crippen LogP contribution < -0.4 is 20.9 Å². The number of nitrogens with one attached hydrogen (secondary N) is 3. The van der Waals surface area contributed by atoms with Gasteiger partial charge in [0.15, 0.2) is 0 Å². The Kier molecular flexibility index (Phi) is 12.8. The number of fused-ring (bicyclic) bond motifs is 4. The van der Waals surface area contributed by atoms with Gasteiger partial charge in [-0.25, -0.2) is 4.79 Å². The maximum absolute atomic E-state index is 13.2. The lowest BCUT2D eigenvalue weighted by molar-refractivity contribution is -0.0336. The molecule has 0 radical (unpaired) electrons. The van der Waals surface area contributed by atoms with Gasteiger partial charge >= 0.3 is 6.09 Å². The molecule has 12 heteroatoms. The summed E-state index contributed by atoms with van der Waals surface area (Å²) in [6.07, 6.45) is 2.39. The van der Waals surface area contributed by atoms with Gasteiger partial charge in [-0.2, -0.15) is 0 Å². The largest absolute Gasteiger partial charge is 0.506 e. The van der Waals surface area contributed by atoms with Crippen LogP contribution in [-0.2, 0) is 11.3 Å². The van der Waals surface area contributed by atoms with E-state index in [0.717, 1.165) is 62.0 Å². The fraction of sp³-hybridized carbons (Fsp3) is 0.356. The quantitative estimate of drug-likeness (QED) is 0.0772. The van der Waals surface area contributed by atoms with Crippen LogP contribution in [0.5, 0.6) is 11.5 Å². The summed E-state index contributed by atoms with van der Waals surface area (Å²) in [7, 11) is 1.79. The third-order valence-electron chi connectivity index (χ3n) is 11.1. The lowest BCUT2D eigenvalue weighted by atomic mass is 9.86. The van der Waals surface area contributed by atoms with Gasteiger partial charge in [0.05, 0.1) is 17.7 Å². The molecule has 3 saturated heterocycles. The highest BCUT2D eigenvalue weighted by Gasteiger charge is 2.37. The van der Waals surface area contributed by atoms with Gasteiger partial charge in [0, 0.05) is 43.7 Å². The van der Waals surface area contributed by atoms with E-state index in [4.69, 9.17) is 9.47 Å². The van der Waals surface area contributed by atoms with Crippen LogP contribution in [0.2, 0.25) is 0 Å². The molecule has 0 spiro atoms. The molecule has 3 aliphatic rings. The third kappa shape index (κ3) is 10.0. The number of benzene rings is 4. The number of rotatable bonds is 16. The normalized spacial score (nSPS) is 18.5. The summed E-state index contributed by atoms with van der Waals surface area (Å²) in [6.45, 7) is 4.80. The fourth-order valence-corrected chi connectivity index (χ4v) is 7.85. The van der Waals surface area contributed by atoms with E-state index in [-0.39, 0.29) is 23.3 Å². The first-order valence-electron chi connectivity index (χ1n) is 19.8. The lowest BCUT2D eigenvalue weighted by Gasteiger charge is -2.43. The molecule has 12 nitrogen and oxygen atoms in total. The molecule has 4 heterocycles. The monoisotopic (exact) mass is 773 g/mol. The zero-order valence-corrected chi connectivity index (χ0v) is 32.2. The van der Waals surface area contributed by atoms with Gasteiger partial charge in [-0.15, -0.1) is 0 Å². The Morgan fingerprint density at radius 1 is 0.930 bits per heavy atom. The van der Waals surface area contributed by atoms with Gasteiger partial charge in [-0.05, 0) is 110 Å². The number of carbonyl (C=O) groups excluding carboxylic acids is 2. The number of hydrogen-bond donors (Lipinski definition) is 5. The number of amides is 2. The Morgan fingerprint density at radius 3 is 2.46 bits per heavy atom. The molecule has 1 unspecified atom stereocenters. The number of aromatic amines is 1. The smallest absolute Gasteiger partial charge is 0.408 e. The highest BCUT2D eigenvalue weighted by Crippen LogP contribution is 2.31. The molecule has 0 saturated carbocycles. The average molecular weight is 774 g/mol. The number of aromatic nitrogens is 1. The van der Waals surface area contributed by atoms with E-state index in [1.54, 1.807) is 24.1 Å². The Labute approximate surface area is 332 Å². The number of pyridine rings is 1. The van der Waals surface area contributed by atoms with Crippen molar-refractivity contribution in [2.45, 2.75) is 50.5 Å². The minimum Gasteiger partial charge on any atom is -0.506 e. The summed E-state index contributed by atoms with van der Waals surface area (Å²) in [6, 6.07) is 30.7. The maximum Gasteiger partial charge on any atom is 0.408 e. The Morgan fingerprint density at radius 2 is 1.70 bits per heavy atom. The first-order chi connectivity index (χ1) is 27.7. The molecule has 298 valence electrons. The molecular formula is C45H51N5O7. The third-order valence-corrected chi connectivity index (χ3v) is 11.1. The van der Waals surface area contributed by atoms with E-state index in [1.165, 1.54) is 12.1 Å². The van der Waals surface area contributed by atoms with Crippen LogP contribution in [0.4, 0.5) is 4.79 Å². The van der Waals surface area contributed by atoms with E-state index in [9.17, 15) is 24.6 Å². The number of aliphatic hydroxyl groups is 1. The molecule has 3 aliphatic heterocycles. The number of alkyl carbamates (subject to hydrolysis) is 1. The number of H-pyrrole nitrogens is 1. The van der Waals surface area contributed by atoms with Crippen LogP contribution in [0.3, 0.4) is 0 Å². The van der Waals surface area contributed by atoms with Crippen LogP contribution in [0.25, 0.3) is 10.9 Å². The molecule has 2 bridgehead atoms. The van der Waals surface area contributed by atoms with Crippen LogP contribution in [-0.4, -0.2) is 89.4 Å². The number of piperidine rings is 3. The molecule has 4 aromatic carbocycles. The molecule has 8 rings (SSSR count). The lowest BCUT2D eigenvalue weighted by Crippen LogP contribution is -2.52. The SMILES string of the molecule is CN(CCCCNC[C@@H](O)c1ccc(O)c2[nH]c(=O)ccc12)C(=O)c1ccc(COc2cccc(C(NC(=O)O[C@H]3CN4CCC3CC4)c3ccccc3)c2)cc1. The molecule has 1 aromatic heterocycles. The van der Waals surface area contributed by atoms with E-state index in [1.807, 2.05) is 78.9 Å². The van der Waals surface area contributed by atoms with Crippen LogP contribution in [0.1, 0.15) is 70.4 Å².